The Labute approximate surface area is 189 Å². The standard InChI is InChI=1S/C24H30ClN3O3/c1-30-22-18-19(17-21(25)24(22)31-2)9-10-23(29)26-11-6-12-27-13-15-28(16-14-27)20-7-4-3-5-8-20/h3-5,7-10,17-18H,6,11-16H2,1-2H3,(H,26,29)/b10-9+. The van der Waals surface area contributed by atoms with Crippen molar-refractivity contribution in [2.45, 2.75) is 6.42 Å². The fourth-order valence-corrected chi connectivity index (χ4v) is 3.94. The van der Waals surface area contributed by atoms with Crippen molar-refractivity contribution >= 4 is 29.3 Å². The molecule has 1 fully saturated rings. The van der Waals surface area contributed by atoms with Gasteiger partial charge in [0, 0.05) is 44.5 Å². The molecule has 0 aliphatic carbocycles. The number of methoxy groups -OCH3 is 2. The third-order valence-electron chi connectivity index (χ3n) is 5.33. The lowest BCUT2D eigenvalue weighted by Gasteiger charge is -2.36. The van der Waals surface area contributed by atoms with Gasteiger partial charge in [-0.1, -0.05) is 29.8 Å². The Bertz CT molecular complexity index is 881. The zero-order valence-corrected chi connectivity index (χ0v) is 18.9. The number of benzene rings is 2. The van der Waals surface area contributed by atoms with E-state index < -0.39 is 0 Å². The van der Waals surface area contributed by atoms with Gasteiger partial charge in [0.15, 0.2) is 11.5 Å². The number of hydrogen-bond donors (Lipinski definition) is 1. The second-order valence-electron chi connectivity index (χ2n) is 7.38. The van der Waals surface area contributed by atoms with Crippen LogP contribution in [-0.2, 0) is 4.79 Å². The average Bonchev–Trinajstić information content (AvgIpc) is 2.81. The van der Waals surface area contributed by atoms with Gasteiger partial charge in [0.05, 0.1) is 19.2 Å². The number of carbonyl (C=O) groups excluding carboxylic acids is 1. The molecule has 3 rings (SSSR count). The summed E-state index contributed by atoms with van der Waals surface area (Å²) < 4.78 is 10.5. The normalized spacial score (nSPS) is 14.6. The van der Waals surface area contributed by atoms with E-state index in [0.29, 0.717) is 23.1 Å². The van der Waals surface area contributed by atoms with E-state index in [1.165, 1.54) is 18.9 Å². The summed E-state index contributed by atoms with van der Waals surface area (Å²) in [6.07, 6.45) is 4.15. The third-order valence-corrected chi connectivity index (χ3v) is 5.61. The third kappa shape index (κ3) is 6.64. The van der Waals surface area contributed by atoms with Crippen molar-refractivity contribution in [2.75, 3.05) is 58.4 Å². The van der Waals surface area contributed by atoms with Crippen molar-refractivity contribution in [1.82, 2.24) is 10.2 Å². The molecule has 6 nitrogen and oxygen atoms in total. The van der Waals surface area contributed by atoms with Crippen LogP contribution < -0.4 is 19.7 Å². The van der Waals surface area contributed by atoms with E-state index in [1.807, 2.05) is 6.07 Å². The molecule has 0 spiro atoms. The van der Waals surface area contributed by atoms with Crippen LogP contribution in [0, 0.1) is 0 Å². The first-order chi connectivity index (χ1) is 15.1. The van der Waals surface area contributed by atoms with Gasteiger partial charge >= 0.3 is 0 Å². The van der Waals surface area contributed by atoms with Gasteiger partial charge in [-0.3, -0.25) is 9.69 Å². The van der Waals surface area contributed by atoms with E-state index in [4.69, 9.17) is 21.1 Å². The second-order valence-corrected chi connectivity index (χ2v) is 7.79. The van der Waals surface area contributed by atoms with Crippen LogP contribution in [-0.4, -0.2) is 64.3 Å². The first-order valence-electron chi connectivity index (χ1n) is 10.5. The summed E-state index contributed by atoms with van der Waals surface area (Å²) in [6, 6.07) is 14.1. The highest BCUT2D eigenvalue weighted by Crippen LogP contribution is 2.36. The van der Waals surface area contributed by atoms with Crippen LogP contribution in [0.3, 0.4) is 0 Å². The molecule has 0 atom stereocenters. The fraction of sp³-hybridized carbons (Fsp3) is 0.375. The predicted molar refractivity (Wildman–Crippen MR) is 126 cm³/mol. The number of rotatable bonds is 9. The smallest absolute Gasteiger partial charge is 0.243 e. The molecule has 1 N–H and O–H groups in total. The van der Waals surface area contributed by atoms with E-state index >= 15 is 0 Å². The number of nitrogens with zero attached hydrogens (tertiary/aromatic N) is 2. The molecule has 0 radical (unpaired) electrons. The molecule has 0 unspecified atom stereocenters. The number of hydrogen-bond acceptors (Lipinski definition) is 5. The topological polar surface area (TPSA) is 54.0 Å². The average molecular weight is 444 g/mol. The Morgan fingerprint density at radius 2 is 1.84 bits per heavy atom. The highest BCUT2D eigenvalue weighted by atomic mass is 35.5. The molecule has 7 heteroatoms. The number of para-hydroxylation sites is 1. The number of amides is 1. The molecule has 2 aromatic carbocycles. The quantitative estimate of drug-likeness (QED) is 0.473. The maximum atomic E-state index is 12.1. The number of carbonyl (C=O) groups is 1. The van der Waals surface area contributed by atoms with E-state index in [2.05, 4.69) is 39.4 Å². The maximum Gasteiger partial charge on any atom is 0.243 e. The van der Waals surface area contributed by atoms with Crippen LogP contribution >= 0.6 is 11.6 Å². The maximum absolute atomic E-state index is 12.1. The summed E-state index contributed by atoms with van der Waals surface area (Å²) in [4.78, 5) is 17.0. The highest BCUT2D eigenvalue weighted by molar-refractivity contribution is 6.32. The van der Waals surface area contributed by atoms with Crippen molar-refractivity contribution in [3.05, 3.63) is 59.1 Å². The molecule has 1 heterocycles. The first-order valence-corrected chi connectivity index (χ1v) is 10.9. The summed E-state index contributed by atoms with van der Waals surface area (Å²) in [5.41, 5.74) is 2.06. The predicted octanol–water partition coefficient (Wildman–Crippen LogP) is 3.70. The summed E-state index contributed by atoms with van der Waals surface area (Å²) in [5, 5.41) is 3.38. The molecule has 2 aromatic rings. The molecule has 166 valence electrons. The van der Waals surface area contributed by atoms with Gasteiger partial charge in [-0.2, -0.15) is 0 Å². The number of ether oxygens (including phenoxy) is 2. The van der Waals surface area contributed by atoms with Gasteiger partial charge in [0.25, 0.3) is 0 Å². The van der Waals surface area contributed by atoms with Crippen LogP contribution in [0.1, 0.15) is 12.0 Å². The van der Waals surface area contributed by atoms with E-state index in [-0.39, 0.29) is 5.91 Å². The molecule has 0 aromatic heterocycles. The van der Waals surface area contributed by atoms with E-state index in [1.54, 1.807) is 25.3 Å². The summed E-state index contributed by atoms with van der Waals surface area (Å²) in [7, 11) is 3.09. The molecule has 1 saturated heterocycles. The fourth-order valence-electron chi connectivity index (χ4n) is 3.65. The van der Waals surface area contributed by atoms with Crippen molar-refractivity contribution in [3.63, 3.8) is 0 Å². The second kappa shape index (κ2) is 11.6. The monoisotopic (exact) mass is 443 g/mol. The number of halogens is 1. The molecular formula is C24H30ClN3O3. The highest BCUT2D eigenvalue weighted by Gasteiger charge is 2.16. The lowest BCUT2D eigenvalue weighted by Crippen LogP contribution is -2.47. The van der Waals surface area contributed by atoms with Crippen LogP contribution in [0.15, 0.2) is 48.5 Å². The molecule has 31 heavy (non-hydrogen) atoms. The first kappa shape index (κ1) is 23.0. The SMILES string of the molecule is COc1cc(/C=C/C(=O)NCCCN2CCN(c3ccccc3)CC2)cc(Cl)c1OC. The largest absolute Gasteiger partial charge is 0.493 e. The Kier molecular flexibility index (Phi) is 8.62. The summed E-state index contributed by atoms with van der Waals surface area (Å²) in [5.74, 6) is 0.887. The van der Waals surface area contributed by atoms with Gasteiger partial charge in [-0.25, -0.2) is 0 Å². The van der Waals surface area contributed by atoms with Gasteiger partial charge in [0.2, 0.25) is 5.91 Å². The zero-order valence-electron chi connectivity index (χ0n) is 18.1. The van der Waals surface area contributed by atoms with Crippen molar-refractivity contribution in [3.8, 4) is 11.5 Å². The minimum atomic E-state index is -0.125. The zero-order chi connectivity index (χ0) is 22.1. The van der Waals surface area contributed by atoms with Crippen LogP contribution in [0.25, 0.3) is 6.08 Å². The summed E-state index contributed by atoms with van der Waals surface area (Å²) in [6.45, 7) is 5.79. The summed E-state index contributed by atoms with van der Waals surface area (Å²) >= 11 is 6.20. The molecule has 1 aliphatic rings. The Morgan fingerprint density at radius 1 is 1.10 bits per heavy atom. The van der Waals surface area contributed by atoms with Crippen LogP contribution in [0.4, 0.5) is 5.69 Å². The molecule has 0 saturated carbocycles. The van der Waals surface area contributed by atoms with Crippen molar-refractivity contribution in [2.24, 2.45) is 0 Å². The minimum Gasteiger partial charge on any atom is -0.493 e. The molecule has 1 amide bonds. The number of anilines is 1. The number of nitrogens with one attached hydrogen (secondary N) is 1. The molecule has 0 bridgehead atoms. The lowest BCUT2D eigenvalue weighted by molar-refractivity contribution is -0.116. The number of piperazine rings is 1. The lowest BCUT2D eigenvalue weighted by atomic mass is 10.2. The molecular weight excluding hydrogens is 414 g/mol. The van der Waals surface area contributed by atoms with Gasteiger partial charge < -0.3 is 19.7 Å². The molecule has 1 aliphatic heterocycles. The Morgan fingerprint density at radius 3 is 2.52 bits per heavy atom. The van der Waals surface area contributed by atoms with Crippen LogP contribution in [0.2, 0.25) is 5.02 Å². The van der Waals surface area contributed by atoms with Gasteiger partial charge in [-0.05, 0) is 48.9 Å². The van der Waals surface area contributed by atoms with Crippen LogP contribution in [0.5, 0.6) is 11.5 Å². The minimum absolute atomic E-state index is 0.125. The van der Waals surface area contributed by atoms with Crippen molar-refractivity contribution in [1.29, 1.82) is 0 Å². The Balaban J connectivity index is 1.37. The van der Waals surface area contributed by atoms with Crippen molar-refractivity contribution < 1.29 is 14.3 Å². The Hall–Kier alpha value is -2.70. The van der Waals surface area contributed by atoms with Gasteiger partial charge in [0.1, 0.15) is 0 Å². The van der Waals surface area contributed by atoms with E-state index in [9.17, 15) is 4.79 Å². The van der Waals surface area contributed by atoms with Gasteiger partial charge in [-0.15, -0.1) is 0 Å². The van der Waals surface area contributed by atoms with E-state index in [0.717, 1.165) is 44.7 Å².